The maximum Gasteiger partial charge on any atom is 0.256 e. The van der Waals surface area contributed by atoms with Crippen LogP contribution in [-0.2, 0) is 4.74 Å². The second kappa shape index (κ2) is 8.69. The Balaban J connectivity index is 2.53. The van der Waals surface area contributed by atoms with Crippen molar-refractivity contribution in [3.05, 3.63) is 26.7 Å². The smallest absolute Gasteiger partial charge is 0.256 e. The van der Waals surface area contributed by atoms with Gasteiger partial charge in [-0.25, -0.2) is 0 Å². The van der Waals surface area contributed by atoms with Crippen LogP contribution in [0, 0.1) is 5.92 Å². The predicted molar refractivity (Wildman–Crippen MR) is 85.7 cm³/mol. The third-order valence-electron chi connectivity index (χ3n) is 2.57. The largest absolute Gasteiger partial charge is 0.505 e. The third-order valence-corrected chi connectivity index (χ3v) is 3.65. The minimum atomic E-state index is -0.522. The van der Waals surface area contributed by atoms with Crippen LogP contribution in [0.25, 0.3) is 0 Å². The van der Waals surface area contributed by atoms with Crippen LogP contribution in [0.1, 0.15) is 30.6 Å². The molecule has 21 heavy (non-hydrogen) atoms. The van der Waals surface area contributed by atoms with E-state index in [0.717, 1.165) is 0 Å². The zero-order valence-electron chi connectivity index (χ0n) is 11.9. The molecule has 1 amide bonds. The van der Waals surface area contributed by atoms with Crippen molar-refractivity contribution < 1.29 is 14.6 Å². The van der Waals surface area contributed by atoms with Gasteiger partial charge in [0.05, 0.1) is 15.1 Å². The first kappa shape index (κ1) is 18.4. The Bertz CT molecular complexity index is 480. The number of carbonyl (C=O) groups is 1. The molecule has 0 fully saturated rings. The summed E-state index contributed by atoms with van der Waals surface area (Å²) in [5.74, 6) is -0.422. The molecule has 1 rings (SSSR count). The summed E-state index contributed by atoms with van der Waals surface area (Å²) in [5, 5.41) is 12.5. The van der Waals surface area contributed by atoms with Gasteiger partial charge in [0.25, 0.3) is 5.91 Å². The molecule has 0 aliphatic rings. The van der Waals surface area contributed by atoms with E-state index in [1.54, 1.807) is 0 Å². The molecule has 0 radical (unpaired) electrons. The van der Waals surface area contributed by atoms with Crippen LogP contribution in [0.2, 0.25) is 15.1 Å². The van der Waals surface area contributed by atoms with Crippen molar-refractivity contribution in [2.45, 2.75) is 20.3 Å². The van der Waals surface area contributed by atoms with E-state index < -0.39 is 5.91 Å². The zero-order chi connectivity index (χ0) is 16.0. The summed E-state index contributed by atoms with van der Waals surface area (Å²) in [6.45, 7) is 5.76. The monoisotopic (exact) mass is 353 g/mol. The first-order valence-electron chi connectivity index (χ1n) is 6.57. The van der Waals surface area contributed by atoms with Crippen LogP contribution < -0.4 is 5.32 Å². The number of benzene rings is 1. The molecule has 7 heteroatoms. The number of aromatic hydroxyl groups is 1. The lowest BCUT2D eigenvalue weighted by Gasteiger charge is -2.11. The first-order chi connectivity index (χ1) is 9.84. The lowest BCUT2D eigenvalue weighted by Crippen LogP contribution is -2.26. The highest BCUT2D eigenvalue weighted by Crippen LogP contribution is 2.38. The molecule has 0 aliphatic heterocycles. The molecule has 0 aromatic heterocycles. The molecular formula is C14H18Cl3NO3. The average molecular weight is 355 g/mol. The molecule has 118 valence electrons. The number of amides is 1. The Morgan fingerprint density at radius 3 is 2.62 bits per heavy atom. The van der Waals surface area contributed by atoms with Gasteiger partial charge in [0.2, 0.25) is 0 Å². The van der Waals surface area contributed by atoms with E-state index in [9.17, 15) is 9.90 Å². The van der Waals surface area contributed by atoms with Gasteiger partial charge in [-0.2, -0.15) is 0 Å². The van der Waals surface area contributed by atoms with Crippen molar-refractivity contribution >= 4 is 40.7 Å². The molecule has 1 aromatic carbocycles. The molecule has 0 bridgehead atoms. The fraction of sp³-hybridized carbons (Fsp3) is 0.500. The molecule has 2 N–H and O–H groups in total. The minimum Gasteiger partial charge on any atom is -0.505 e. The summed E-state index contributed by atoms with van der Waals surface area (Å²) < 4.78 is 5.40. The number of hydrogen-bond donors (Lipinski definition) is 2. The fourth-order valence-electron chi connectivity index (χ4n) is 1.58. The highest BCUT2D eigenvalue weighted by molar-refractivity contribution is 6.45. The molecule has 0 saturated carbocycles. The van der Waals surface area contributed by atoms with Crippen LogP contribution in [0.15, 0.2) is 6.07 Å². The molecular weight excluding hydrogens is 337 g/mol. The summed E-state index contributed by atoms with van der Waals surface area (Å²) >= 11 is 17.5. The normalized spacial score (nSPS) is 11.0. The summed E-state index contributed by atoms with van der Waals surface area (Å²) in [6, 6.07) is 1.29. The zero-order valence-corrected chi connectivity index (χ0v) is 14.1. The summed E-state index contributed by atoms with van der Waals surface area (Å²) in [7, 11) is 0. The van der Waals surface area contributed by atoms with E-state index in [1.807, 2.05) is 0 Å². The van der Waals surface area contributed by atoms with E-state index in [-0.39, 0.29) is 26.4 Å². The number of phenolic OH excluding ortho intramolecular Hbond substituents is 1. The minimum absolute atomic E-state index is 0.0187. The van der Waals surface area contributed by atoms with Crippen LogP contribution in [-0.4, -0.2) is 30.8 Å². The van der Waals surface area contributed by atoms with Gasteiger partial charge < -0.3 is 15.2 Å². The second-order valence-electron chi connectivity index (χ2n) is 4.96. The number of rotatable bonds is 7. The Kier molecular flexibility index (Phi) is 7.60. The summed E-state index contributed by atoms with van der Waals surface area (Å²) in [6.07, 6.45) is 0.658. The summed E-state index contributed by atoms with van der Waals surface area (Å²) in [5.41, 5.74) is -0.114. The maximum absolute atomic E-state index is 12.0. The predicted octanol–water partition coefficient (Wildman–Crippen LogP) is 4.14. The standard InChI is InChI=1S/C14H18Cl3NO3/c1-8(2)7-21-5-3-4-18-14(20)11-12(17)9(15)6-10(16)13(11)19/h6,8,19H,3-5,7H2,1-2H3,(H,18,20). The van der Waals surface area contributed by atoms with E-state index in [0.29, 0.717) is 32.1 Å². The van der Waals surface area contributed by atoms with Crippen molar-refractivity contribution in [3.8, 4) is 5.75 Å². The first-order valence-corrected chi connectivity index (χ1v) is 7.70. The lowest BCUT2D eigenvalue weighted by atomic mass is 10.2. The molecule has 1 aromatic rings. The van der Waals surface area contributed by atoms with Gasteiger partial charge in [-0.05, 0) is 18.4 Å². The molecule has 4 nitrogen and oxygen atoms in total. The van der Waals surface area contributed by atoms with E-state index in [1.165, 1.54) is 6.07 Å². The highest BCUT2D eigenvalue weighted by atomic mass is 35.5. The molecule has 0 aliphatic carbocycles. The molecule has 0 unspecified atom stereocenters. The maximum atomic E-state index is 12.0. The van der Waals surface area contributed by atoms with Crippen molar-refractivity contribution in [2.75, 3.05) is 19.8 Å². The third kappa shape index (κ3) is 5.55. The van der Waals surface area contributed by atoms with Crippen LogP contribution >= 0.6 is 34.8 Å². The Hall–Kier alpha value is -0.680. The van der Waals surface area contributed by atoms with Crippen molar-refractivity contribution in [1.29, 1.82) is 0 Å². The SMILES string of the molecule is CC(C)COCCCNC(=O)c1c(O)c(Cl)cc(Cl)c1Cl. The molecule has 0 atom stereocenters. The van der Waals surface area contributed by atoms with E-state index in [4.69, 9.17) is 39.5 Å². The van der Waals surface area contributed by atoms with Crippen molar-refractivity contribution in [2.24, 2.45) is 5.92 Å². The van der Waals surface area contributed by atoms with Gasteiger partial charge in [0.15, 0.2) is 0 Å². The van der Waals surface area contributed by atoms with Gasteiger partial charge in [0.1, 0.15) is 11.3 Å². The molecule has 0 spiro atoms. The highest BCUT2D eigenvalue weighted by Gasteiger charge is 2.20. The second-order valence-corrected chi connectivity index (χ2v) is 6.15. The Morgan fingerprint density at radius 2 is 2.00 bits per heavy atom. The number of phenols is 1. The van der Waals surface area contributed by atoms with E-state index in [2.05, 4.69) is 19.2 Å². The number of hydrogen-bond acceptors (Lipinski definition) is 3. The van der Waals surface area contributed by atoms with Crippen LogP contribution in [0.5, 0.6) is 5.75 Å². The number of ether oxygens (including phenoxy) is 1. The number of halogens is 3. The van der Waals surface area contributed by atoms with Crippen molar-refractivity contribution in [1.82, 2.24) is 5.32 Å². The number of carbonyl (C=O) groups excluding carboxylic acids is 1. The summed E-state index contributed by atoms with van der Waals surface area (Å²) in [4.78, 5) is 12.0. The molecule has 0 saturated heterocycles. The Labute approximate surface area is 139 Å². The Morgan fingerprint density at radius 1 is 1.33 bits per heavy atom. The van der Waals surface area contributed by atoms with Gasteiger partial charge in [-0.15, -0.1) is 0 Å². The van der Waals surface area contributed by atoms with Gasteiger partial charge in [0, 0.05) is 19.8 Å². The lowest BCUT2D eigenvalue weighted by molar-refractivity contribution is 0.0923. The van der Waals surface area contributed by atoms with Gasteiger partial charge in [-0.1, -0.05) is 48.7 Å². The van der Waals surface area contributed by atoms with Crippen LogP contribution in [0.4, 0.5) is 0 Å². The fourth-order valence-corrected chi connectivity index (χ4v) is 2.27. The number of nitrogens with one attached hydrogen (secondary N) is 1. The average Bonchev–Trinajstić information content (AvgIpc) is 2.40. The van der Waals surface area contributed by atoms with Crippen molar-refractivity contribution in [3.63, 3.8) is 0 Å². The van der Waals surface area contributed by atoms with Crippen LogP contribution in [0.3, 0.4) is 0 Å². The quantitative estimate of drug-likeness (QED) is 0.571. The van der Waals surface area contributed by atoms with Gasteiger partial charge in [-0.3, -0.25) is 4.79 Å². The molecule has 0 heterocycles. The topological polar surface area (TPSA) is 58.6 Å². The van der Waals surface area contributed by atoms with Gasteiger partial charge >= 0.3 is 0 Å². The van der Waals surface area contributed by atoms with E-state index >= 15 is 0 Å².